The Morgan fingerprint density at radius 2 is 2.26 bits per heavy atom. The Balaban J connectivity index is 1.70. The average molecular weight is 262 g/mol. The number of hydrogen-bond donors (Lipinski definition) is 1. The van der Waals surface area contributed by atoms with Gasteiger partial charge in [0.1, 0.15) is 0 Å². The molecular formula is C15H26N4. The molecule has 4 nitrogen and oxygen atoms in total. The van der Waals surface area contributed by atoms with E-state index in [2.05, 4.69) is 39.9 Å². The van der Waals surface area contributed by atoms with E-state index in [4.69, 9.17) is 0 Å². The smallest absolute Gasteiger partial charge is 0.0524 e. The number of likely N-dealkylation sites (tertiary alicyclic amines) is 1. The van der Waals surface area contributed by atoms with E-state index in [9.17, 15) is 0 Å². The topological polar surface area (TPSA) is 33.1 Å². The van der Waals surface area contributed by atoms with Gasteiger partial charge in [0.25, 0.3) is 0 Å². The van der Waals surface area contributed by atoms with Gasteiger partial charge in [-0.1, -0.05) is 13.8 Å². The van der Waals surface area contributed by atoms with Crippen molar-refractivity contribution in [2.75, 3.05) is 19.6 Å². The number of nitrogens with zero attached hydrogens (tertiary/aromatic N) is 3. The highest BCUT2D eigenvalue weighted by Crippen LogP contribution is 2.35. The molecule has 0 saturated carbocycles. The van der Waals surface area contributed by atoms with Gasteiger partial charge >= 0.3 is 0 Å². The standard InChI is InChI=1S/C15H26N4/c1-3-7-19-13(5-6-17-19)11-18-10-12-8-16-9-14(12)15(18)4-2/h5-6,12,14-16H,3-4,7-11H2,1-2H3. The Morgan fingerprint density at radius 1 is 1.37 bits per heavy atom. The number of rotatable bonds is 5. The van der Waals surface area contributed by atoms with Gasteiger partial charge < -0.3 is 5.32 Å². The van der Waals surface area contributed by atoms with E-state index in [1.807, 2.05) is 6.20 Å². The lowest BCUT2D eigenvalue weighted by atomic mass is 9.93. The molecule has 2 saturated heterocycles. The molecule has 0 aliphatic carbocycles. The maximum Gasteiger partial charge on any atom is 0.0524 e. The second-order valence-electron chi connectivity index (χ2n) is 6.03. The molecule has 3 unspecified atom stereocenters. The molecule has 0 amide bonds. The van der Waals surface area contributed by atoms with E-state index in [1.54, 1.807) is 0 Å². The SMILES string of the molecule is CCCn1nccc1CN1CC2CNCC2C1CC. The summed E-state index contributed by atoms with van der Waals surface area (Å²) in [6.45, 7) is 10.4. The minimum absolute atomic E-state index is 0.755. The molecular weight excluding hydrogens is 236 g/mol. The first-order chi connectivity index (χ1) is 9.33. The first-order valence-electron chi connectivity index (χ1n) is 7.79. The quantitative estimate of drug-likeness (QED) is 0.877. The van der Waals surface area contributed by atoms with Crippen LogP contribution in [0.15, 0.2) is 12.3 Å². The van der Waals surface area contributed by atoms with Crippen molar-refractivity contribution in [2.45, 2.75) is 45.8 Å². The summed E-state index contributed by atoms with van der Waals surface area (Å²) in [5, 5.41) is 8.00. The minimum Gasteiger partial charge on any atom is -0.316 e. The molecule has 0 aromatic carbocycles. The van der Waals surface area contributed by atoms with Gasteiger partial charge in [-0.15, -0.1) is 0 Å². The fraction of sp³-hybridized carbons (Fsp3) is 0.800. The van der Waals surface area contributed by atoms with Crippen LogP contribution in [0.25, 0.3) is 0 Å². The molecule has 3 atom stereocenters. The molecule has 1 aromatic heterocycles. The molecule has 3 rings (SSSR count). The summed E-state index contributed by atoms with van der Waals surface area (Å²) in [5.74, 6) is 1.74. The number of fused-ring (bicyclic) bond motifs is 1. The fourth-order valence-corrected chi connectivity index (χ4v) is 3.97. The molecule has 2 aliphatic rings. The zero-order valence-electron chi connectivity index (χ0n) is 12.2. The van der Waals surface area contributed by atoms with E-state index in [-0.39, 0.29) is 0 Å². The Morgan fingerprint density at radius 3 is 3.05 bits per heavy atom. The predicted octanol–water partition coefficient (Wildman–Crippen LogP) is 1.72. The van der Waals surface area contributed by atoms with E-state index < -0.39 is 0 Å². The van der Waals surface area contributed by atoms with Gasteiger partial charge in [-0.25, -0.2) is 0 Å². The average Bonchev–Trinajstić information content (AvgIpc) is 3.07. The molecule has 1 aromatic rings. The van der Waals surface area contributed by atoms with E-state index in [0.29, 0.717) is 0 Å². The van der Waals surface area contributed by atoms with Gasteiger partial charge in [0.15, 0.2) is 0 Å². The van der Waals surface area contributed by atoms with E-state index in [1.165, 1.54) is 31.7 Å². The van der Waals surface area contributed by atoms with Crippen molar-refractivity contribution in [2.24, 2.45) is 11.8 Å². The highest BCUT2D eigenvalue weighted by molar-refractivity contribution is 5.05. The van der Waals surface area contributed by atoms with Gasteiger partial charge in [0.2, 0.25) is 0 Å². The molecule has 1 N–H and O–H groups in total. The molecule has 2 aliphatic heterocycles. The van der Waals surface area contributed by atoms with E-state index in [0.717, 1.165) is 37.4 Å². The van der Waals surface area contributed by atoms with Crippen LogP contribution in [-0.4, -0.2) is 40.4 Å². The third-order valence-corrected chi connectivity index (χ3v) is 4.85. The summed E-state index contributed by atoms with van der Waals surface area (Å²) < 4.78 is 2.18. The lowest BCUT2D eigenvalue weighted by molar-refractivity contribution is 0.204. The maximum absolute atomic E-state index is 4.45. The molecule has 0 bridgehead atoms. The highest BCUT2D eigenvalue weighted by Gasteiger charge is 2.43. The Bertz CT molecular complexity index is 414. The van der Waals surface area contributed by atoms with E-state index >= 15 is 0 Å². The largest absolute Gasteiger partial charge is 0.316 e. The van der Waals surface area contributed by atoms with Crippen LogP contribution in [0.2, 0.25) is 0 Å². The molecule has 3 heterocycles. The molecule has 0 radical (unpaired) electrons. The summed E-state index contributed by atoms with van der Waals surface area (Å²) >= 11 is 0. The number of aromatic nitrogens is 2. The zero-order chi connectivity index (χ0) is 13.2. The van der Waals surface area contributed by atoms with Crippen LogP contribution in [0.5, 0.6) is 0 Å². The van der Waals surface area contributed by atoms with Crippen LogP contribution in [-0.2, 0) is 13.1 Å². The summed E-state index contributed by atoms with van der Waals surface area (Å²) in [6, 6.07) is 2.94. The van der Waals surface area contributed by atoms with Gasteiger partial charge in [-0.2, -0.15) is 5.10 Å². The Labute approximate surface area is 116 Å². The fourth-order valence-electron chi connectivity index (χ4n) is 3.97. The summed E-state index contributed by atoms with van der Waals surface area (Å²) in [4.78, 5) is 2.69. The monoisotopic (exact) mass is 262 g/mol. The van der Waals surface area contributed by atoms with Crippen LogP contribution in [0.1, 0.15) is 32.4 Å². The maximum atomic E-state index is 4.45. The van der Waals surface area contributed by atoms with Crippen molar-refractivity contribution in [3.8, 4) is 0 Å². The molecule has 106 valence electrons. The zero-order valence-corrected chi connectivity index (χ0v) is 12.2. The number of aryl methyl sites for hydroxylation is 1. The van der Waals surface area contributed by atoms with Crippen molar-refractivity contribution < 1.29 is 0 Å². The predicted molar refractivity (Wildman–Crippen MR) is 76.9 cm³/mol. The van der Waals surface area contributed by atoms with Crippen molar-refractivity contribution in [3.05, 3.63) is 18.0 Å². The molecule has 0 spiro atoms. The summed E-state index contributed by atoms with van der Waals surface area (Å²) in [5.41, 5.74) is 1.38. The van der Waals surface area contributed by atoms with Crippen molar-refractivity contribution in [1.29, 1.82) is 0 Å². The van der Waals surface area contributed by atoms with Crippen LogP contribution in [0.4, 0.5) is 0 Å². The normalized spacial score (nSPS) is 30.9. The van der Waals surface area contributed by atoms with Crippen LogP contribution in [0, 0.1) is 11.8 Å². The van der Waals surface area contributed by atoms with Crippen molar-refractivity contribution in [1.82, 2.24) is 20.0 Å². The summed E-state index contributed by atoms with van der Waals surface area (Å²) in [6.07, 6.45) is 4.37. The minimum atomic E-state index is 0.755. The Hall–Kier alpha value is -0.870. The van der Waals surface area contributed by atoms with Gasteiger partial charge in [0.05, 0.1) is 5.69 Å². The molecule has 19 heavy (non-hydrogen) atoms. The third-order valence-electron chi connectivity index (χ3n) is 4.85. The Kier molecular flexibility index (Phi) is 3.89. The van der Waals surface area contributed by atoms with Crippen LogP contribution >= 0.6 is 0 Å². The number of nitrogens with one attached hydrogen (secondary N) is 1. The van der Waals surface area contributed by atoms with Crippen LogP contribution < -0.4 is 5.32 Å². The molecule has 4 heteroatoms. The second-order valence-corrected chi connectivity index (χ2v) is 6.03. The third kappa shape index (κ3) is 2.43. The lowest BCUT2D eigenvalue weighted by Crippen LogP contribution is -2.35. The summed E-state index contributed by atoms with van der Waals surface area (Å²) in [7, 11) is 0. The first-order valence-corrected chi connectivity index (χ1v) is 7.79. The highest BCUT2D eigenvalue weighted by atomic mass is 15.3. The second kappa shape index (κ2) is 5.63. The first kappa shape index (κ1) is 13.1. The van der Waals surface area contributed by atoms with Gasteiger partial charge in [0, 0.05) is 31.9 Å². The number of hydrogen-bond acceptors (Lipinski definition) is 3. The van der Waals surface area contributed by atoms with Crippen molar-refractivity contribution >= 4 is 0 Å². The lowest BCUT2D eigenvalue weighted by Gasteiger charge is -2.26. The van der Waals surface area contributed by atoms with Gasteiger partial charge in [-0.3, -0.25) is 9.58 Å². The van der Waals surface area contributed by atoms with Crippen LogP contribution in [0.3, 0.4) is 0 Å². The molecule has 2 fully saturated rings. The van der Waals surface area contributed by atoms with Gasteiger partial charge in [-0.05, 0) is 43.8 Å². The van der Waals surface area contributed by atoms with Crippen molar-refractivity contribution in [3.63, 3.8) is 0 Å².